The largest absolute Gasteiger partial charge is 0.481 e. The van der Waals surface area contributed by atoms with Gasteiger partial charge in [0.05, 0.1) is 5.92 Å². The standard InChI is InChI=1S/C10H13NO2/c1-11-7-9(10(12)13)8-5-3-2-4-6-8/h2-6,9,11H,7H2,1H3,(H,12,13)/t9-/m0/s1. The monoisotopic (exact) mass is 179 g/mol. The van der Waals surface area contributed by atoms with Gasteiger partial charge in [-0.3, -0.25) is 4.79 Å². The Morgan fingerprint density at radius 2 is 2.08 bits per heavy atom. The zero-order valence-electron chi connectivity index (χ0n) is 7.53. The van der Waals surface area contributed by atoms with E-state index in [2.05, 4.69) is 5.32 Å². The Labute approximate surface area is 77.4 Å². The van der Waals surface area contributed by atoms with Crippen molar-refractivity contribution >= 4 is 5.97 Å². The molecular formula is C10H13NO2. The summed E-state index contributed by atoms with van der Waals surface area (Å²) in [5, 5.41) is 11.8. The molecule has 0 unspecified atom stereocenters. The lowest BCUT2D eigenvalue weighted by Gasteiger charge is -2.11. The summed E-state index contributed by atoms with van der Waals surface area (Å²) in [7, 11) is 1.75. The average molecular weight is 179 g/mol. The molecule has 0 aliphatic heterocycles. The minimum absolute atomic E-state index is 0.453. The molecule has 13 heavy (non-hydrogen) atoms. The second-order valence-electron chi connectivity index (χ2n) is 2.86. The summed E-state index contributed by atoms with van der Waals surface area (Å²) in [5.41, 5.74) is 0.837. The van der Waals surface area contributed by atoms with Gasteiger partial charge in [0, 0.05) is 6.54 Å². The van der Waals surface area contributed by atoms with Crippen molar-refractivity contribution in [3.05, 3.63) is 35.9 Å². The van der Waals surface area contributed by atoms with Gasteiger partial charge in [-0.05, 0) is 12.6 Å². The third-order valence-electron chi connectivity index (χ3n) is 1.91. The van der Waals surface area contributed by atoms with E-state index in [0.717, 1.165) is 5.56 Å². The molecule has 1 atom stereocenters. The highest BCUT2D eigenvalue weighted by Crippen LogP contribution is 2.14. The van der Waals surface area contributed by atoms with Crippen LogP contribution in [0.2, 0.25) is 0 Å². The number of rotatable bonds is 4. The fraction of sp³-hybridized carbons (Fsp3) is 0.300. The number of carboxylic acids is 1. The summed E-state index contributed by atoms with van der Waals surface area (Å²) >= 11 is 0. The first-order valence-corrected chi connectivity index (χ1v) is 4.18. The Hall–Kier alpha value is -1.35. The summed E-state index contributed by atoms with van der Waals surface area (Å²) in [6.07, 6.45) is 0. The lowest BCUT2D eigenvalue weighted by Crippen LogP contribution is -2.23. The van der Waals surface area contributed by atoms with Crippen molar-refractivity contribution in [2.75, 3.05) is 13.6 Å². The lowest BCUT2D eigenvalue weighted by molar-refractivity contribution is -0.138. The van der Waals surface area contributed by atoms with E-state index in [4.69, 9.17) is 5.11 Å². The molecule has 0 aromatic heterocycles. The lowest BCUT2D eigenvalue weighted by atomic mass is 9.99. The molecule has 3 nitrogen and oxygen atoms in total. The van der Waals surface area contributed by atoms with Gasteiger partial charge in [0.25, 0.3) is 0 Å². The smallest absolute Gasteiger partial charge is 0.312 e. The van der Waals surface area contributed by atoms with Crippen LogP contribution in [0.25, 0.3) is 0 Å². The Morgan fingerprint density at radius 1 is 1.46 bits per heavy atom. The van der Waals surface area contributed by atoms with Crippen LogP contribution in [0.3, 0.4) is 0 Å². The maximum absolute atomic E-state index is 10.8. The van der Waals surface area contributed by atoms with Gasteiger partial charge >= 0.3 is 5.97 Å². The van der Waals surface area contributed by atoms with Crippen molar-refractivity contribution in [2.24, 2.45) is 0 Å². The first-order valence-electron chi connectivity index (χ1n) is 4.18. The number of carboxylic acid groups (broad SMARTS) is 1. The fourth-order valence-electron chi connectivity index (χ4n) is 1.24. The number of likely N-dealkylation sites (N-methyl/N-ethyl adjacent to an activating group) is 1. The van der Waals surface area contributed by atoms with E-state index in [0.29, 0.717) is 6.54 Å². The molecule has 3 heteroatoms. The van der Waals surface area contributed by atoms with Crippen molar-refractivity contribution in [1.29, 1.82) is 0 Å². The summed E-state index contributed by atoms with van der Waals surface area (Å²) in [5.74, 6) is -1.24. The van der Waals surface area contributed by atoms with Gasteiger partial charge in [0.1, 0.15) is 0 Å². The zero-order chi connectivity index (χ0) is 9.68. The van der Waals surface area contributed by atoms with E-state index in [1.54, 1.807) is 7.05 Å². The summed E-state index contributed by atoms with van der Waals surface area (Å²) in [6, 6.07) is 9.23. The molecule has 0 saturated heterocycles. The molecule has 2 N–H and O–H groups in total. The molecule has 0 aliphatic carbocycles. The average Bonchev–Trinajstić information content (AvgIpc) is 2.15. The van der Waals surface area contributed by atoms with Gasteiger partial charge in [-0.1, -0.05) is 30.3 Å². The summed E-state index contributed by atoms with van der Waals surface area (Å²) in [4.78, 5) is 10.8. The predicted octanol–water partition coefficient (Wildman–Crippen LogP) is 1.07. The van der Waals surface area contributed by atoms with Crippen molar-refractivity contribution in [1.82, 2.24) is 5.32 Å². The molecule has 0 aliphatic rings. The molecule has 0 saturated carbocycles. The SMILES string of the molecule is CNC[C@H](C(=O)O)c1ccccc1. The third kappa shape index (κ3) is 2.56. The highest BCUT2D eigenvalue weighted by Gasteiger charge is 2.17. The van der Waals surface area contributed by atoms with Gasteiger partial charge in [-0.25, -0.2) is 0 Å². The van der Waals surface area contributed by atoms with Crippen molar-refractivity contribution in [3.63, 3.8) is 0 Å². The van der Waals surface area contributed by atoms with Crippen LogP contribution in [-0.4, -0.2) is 24.7 Å². The quantitative estimate of drug-likeness (QED) is 0.727. The molecule has 0 heterocycles. The number of hydrogen-bond donors (Lipinski definition) is 2. The number of nitrogens with one attached hydrogen (secondary N) is 1. The molecule has 0 radical (unpaired) electrons. The van der Waals surface area contributed by atoms with Crippen LogP contribution in [0.5, 0.6) is 0 Å². The Bertz CT molecular complexity index is 272. The maximum atomic E-state index is 10.8. The van der Waals surface area contributed by atoms with E-state index in [1.807, 2.05) is 30.3 Å². The number of aliphatic carboxylic acids is 1. The van der Waals surface area contributed by atoms with Crippen LogP contribution in [-0.2, 0) is 4.79 Å². The first kappa shape index (κ1) is 9.74. The Kier molecular flexibility index (Phi) is 3.46. The van der Waals surface area contributed by atoms with E-state index in [1.165, 1.54) is 0 Å². The molecule has 0 amide bonds. The molecule has 0 bridgehead atoms. The molecule has 1 aromatic rings. The van der Waals surface area contributed by atoms with Crippen LogP contribution < -0.4 is 5.32 Å². The van der Waals surface area contributed by atoms with Crippen LogP contribution in [0.1, 0.15) is 11.5 Å². The number of hydrogen-bond acceptors (Lipinski definition) is 2. The molecule has 1 aromatic carbocycles. The Morgan fingerprint density at radius 3 is 2.54 bits per heavy atom. The molecule has 0 fully saturated rings. The molecule has 70 valence electrons. The van der Waals surface area contributed by atoms with Crippen LogP contribution >= 0.6 is 0 Å². The predicted molar refractivity (Wildman–Crippen MR) is 50.7 cm³/mol. The van der Waals surface area contributed by atoms with Crippen molar-refractivity contribution in [2.45, 2.75) is 5.92 Å². The molecule has 1 rings (SSSR count). The van der Waals surface area contributed by atoms with Crippen molar-refractivity contribution in [3.8, 4) is 0 Å². The topological polar surface area (TPSA) is 49.3 Å². The zero-order valence-corrected chi connectivity index (χ0v) is 7.53. The molecule has 0 spiro atoms. The highest BCUT2D eigenvalue weighted by atomic mass is 16.4. The number of carbonyl (C=O) groups is 1. The van der Waals surface area contributed by atoms with Gasteiger partial charge < -0.3 is 10.4 Å². The summed E-state index contributed by atoms with van der Waals surface area (Å²) < 4.78 is 0. The van der Waals surface area contributed by atoms with Gasteiger partial charge in [0.2, 0.25) is 0 Å². The third-order valence-corrected chi connectivity index (χ3v) is 1.91. The minimum Gasteiger partial charge on any atom is -0.481 e. The van der Waals surface area contributed by atoms with E-state index >= 15 is 0 Å². The van der Waals surface area contributed by atoms with E-state index in [9.17, 15) is 4.79 Å². The second kappa shape index (κ2) is 4.62. The van der Waals surface area contributed by atoms with E-state index in [-0.39, 0.29) is 0 Å². The normalized spacial score (nSPS) is 12.4. The summed E-state index contributed by atoms with van der Waals surface area (Å²) in [6.45, 7) is 0.458. The van der Waals surface area contributed by atoms with Crippen molar-refractivity contribution < 1.29 is 9.90 Å². The van der Waals surface area contributed by atoms with Crippen LogP contribution in [0.4, 0.5) is 0 Å². The van der Waals surface area contributed by atoms with Crippen LogP contribution in [0, 0.1) is 0 Å². The number of benzene rings is 1. The Balaban J connectivity index is 2.82. The van der Waals surface area contributed by atoms with Crippen LogP contribution in [0.15, 0.2) is 30.3 Å². The first-order chi connectivity index (χ1) is 6.25. The second-order valence-corrected chi connectivity index (χ2v) is 2.86. The molecular weight excluding hydrogens is 166 g/mol. The van der Waals surface area contributed by atoms with E-state index < -0.39 is 11.9 Å². The maximum Gasteiger partial charge on any atom is 0.312 e. The van der Waals surface area contributed by atoms with Gasteiger partial charge in [-0.2, -0.15) is 0 Å². The fourth-order valence-corrected chi connectivity index (χ4v) is 1.24. The highest BCUT2D eigenvalue weighted by molar-refractivity contribution is 5.76. The van der Waals surface area contributed by atoms with Gasteiger partial charge in [-0.15, -0.1) is 0 Å². The van der Waals surface area contributed by atoms with Gasteiger partial charge in [0.15, 0.2) is 0 Å². The minimum atomic E-state index is -0.791.